The Labute approximate surface area is 80.7 Å². The number of hydrogen-bond donors (Lipinski definition) is 2. The van der Waals surface area contributed by atoms with Crippen LogP contribution >= 0.6 is 0 Å². The van der Waals surface area contributed by atoms with E-state index in [1.807, 2.05) is 0 Å². The normalized spacial score (nSPS) is 8.91. The monoisotopic (exact) mass is 172 g/mol. The van der Waals surface area contributed by atoms with E-state index in [1.165, 1.54) is 0 Å². The second-order valence-corrected chi connectivity index (χ2v) is 2.02. The summed E-state index contributed by atoms with van der Waals surface area (Å²) in [6, 6.07) is 0. The van der Waals surface area contributed by atoms with Crippen molar-refractivity contribution >= 4 is 35.0 Å². The third-order valence-corrected chi connectivity index (χ3v) is 1.17. The van der Waals surface area contributed by atoms with E-state index in [1.54, 1.807) is 6.92 Å². The summed E-state index contributed by atoms with van der Waals surface area (Å²) in [5.41, 5.74) is 0. The third kappa shape index (κ3) is 5.03. The second-order valence-electron chi connectivity index (χ2n) is 2.02. The Bertz CT molecular complexity index is 132. The molecule has 0 saturated heterocycles. The number of carboxylic acid groups (broad SMARTS) is 2. The van der Waals surface area contributed by atoms with Crippen LogP contribution in [0.2, 0.25) is 0 Å². The minimum atomic E-state index is -1.26. The van der Waals surface area contributed by atoms with Crippen molar-refractivity contribution in [3.63, 3.8) is 0 Å². The van der Waals surface area contributed by atoms with Crippen molar-refractivity contribution in [1.29, 1.82) is 0 Å². The molecule has 0 saturated carbocycles. The van der Waals surface area contributed by atoms with Gasteiger partial charge in [-0.25, -0.2) is 0 Å². The predicted molar refractivity (Wildman–Crippen MR) is 42.2 cm³/mol. The van der Waals surface area contributed by atoms with Gasteiger partial charge in [0, 0.05) is 0 Å². The maximum absolute atomic E-state index is 10.2. The molecule has 62 valence electrons. The van der Waals surface area contributed by atoms with Gasteiger partial charge in [-0.3, -0.25) is 9.59 Å². The van der Waals surface area contributed by atoms with E-state index in [0.717, 1.165) is 0 Å². The molecule has 0 aromatic heterocycles. The molecule has 2 N–H and O–H groups in total. The molecule has 0 rings (SSSR count). The van der Waals surface area contributed by atoms with E-state index >= 15 is 0 Å². The van der Waals surface area contributed by atoms with Gasteiger partial charge < -0.3 is 10.2 Å². The second kappa shape index (κ2) is 6.42. The fourth-order valence-electron chi connectivity index (χ4n) is 0.641. The molecule has 0 atom stereocenters. The molecule has 0 aliphatic carbocycles. The highest BCUT2D eigenvalue weighted by atomic mass is 24.3. The Morgan fingerprint density at radius 2 is 1.64 bits per heavy atom. The lowest BCUT2D eigenvalue weighted by molar-refractivity contribution is -0.154. The molecule has 0 spiro atoms. The largest absolute Gasteiger partial charge is 0.481 e. The lowest BCUT2D eigenvalue weighted by Crippen LogP contribution is -2.22. The molecular weight excluding hydrogens is 160 g/mol. The maximum atomic E-state index is 10.2. The first-order valence-corrected chi connectivity index (χ1v) is 3.05. The van der Waals surface area contributed by atoms with Crippen molar-refractivity contribution in [3.05, 3.63) is 0 Å². The van der Waals surface area contributed by atoms with Crippen molar-refractivity contribution in [3.8, 4) is 0 Å². The van der Waals surface area contributed by atoms with Crippen molar-refractivity contribution in [2.75, 3.05) is 0 Å². The highest BCUT2D eigenvalue weighted by molar-refractivity contribution is 5.92. The van der Waals surface area contributed by atoms with Crippen LogP contribution in [0.1, 0.15) is 19.8 Å². The van der Waals surface area contributed by atoms with Gasteiger partial charge in [0.25, 0.3) is 0 Å². The fourth-order valence-corrected chi connectivity index (χ4v) is 0.641. The summed E-state index contributed by atoms with van der Waals surface area (Å²) in [6.07, 6.45) is 0.772. The molecule has 5 heteroatoms. The van der Waals surface area contributed by atoms with Crippen molar-refractivity contribution in [1.82, 2.24) is 0 Å². The molecule has 11 heavy (non-hydrogen) atoms. The zero-order valence-corrected chi connectivity index (χ0v) is 5.70. The first-order valence-electron chi connectivity index (χ1n) is 3.05. The quantitative estimate of drug-likeness (QED) is 0.449. The number of hydrogen-bond acceptors (Lipinski definition) is 2. The first kappa shape index (κ1) is 13.3. The van der Waals surface area contributed by atoms with Gasteiger partial charge in [-0.05, 0) is 6.42 Å². The summed E-state index contributed by atoms with van der Waals surface area (Å²) in [5.74, 6) is -3.74. The lowest BCUT2D eigenvalue weighted by Gasteiger charge is -2.02. The van der Waals surface area contributed by atoms with Gasteiger partial charge >= 0.3 is 35.0 Å². The first-order chi connectivity index (χ1) is 4.59. The molecule has 0 amide bonds. The van der Waals surface area contributed by atoms with Crippen LogP contribution in [0, 0.1) is 5.92 Å². The smallest absolute Gasteiger partial charge is 0.317 e. The Morgan fingerprint density at radius 1 is 1.27 bits per heavy atom. The summed E-state index contributed by atoms with van der Waals surface area (Å²) in [4.78, 5) is 20.3. The molecule has 0 radical (unpaired) electrons. The molecule has 0 aromatic carbocycles. The van der Waals surface area contributed by atoms with Crippen molar-refractivity contribution in [2.24, 2.45) is 5.92 Å². The molecule has 4 nitrogen and oxygen atoms in total. The van der Waals surface area contributed by atoms with Crippen LogP contribution < -0.4 is 0 Å². The summed E-state index contributed by atoms with van der Waals surface area (Å²) >= 11 is 0. The number of rotatable bonds is 4. The van der Waals surface area contributed by atoms with E-state index in [2.05, 4.69) is 0 Å². The molecule has 0 unspecified atom stereocenters. The summed E-state index contributed by atoms with van der Waals surface area (Å²) in [6.45, 7) is 1.75. The SMILES string of the molecule is CCCC(C(=O)O)C(=O)O.[MgH2]. The molecule has 0 aromatic rings. The number of aliphatic carboxylic acids is 2. The van der Waals surface area contributed by atoms with Gasteiger partial charge in [-0.15, -0.1) is 0 Å². The zero-order valence-electron chi connectivity index (χ0n) is 5.70. The average molecular weight is 172 g/mol. The Kier molecular flexibility index (Phi) is 7.76. The zero-order chi connectivity index (χ0) is 8.15. The maximum Gasteiger partial charge on any atom is 0.317 e. The molecular formula is C6H12MgO4. The number of carboxylic acids is 2. The molecule has 0 bridgehead atoms. The van der Waals surface area contributed by atoms with Crippen LogP contribution in [-0.2, 0) is 9.59 Å². The highest BCUT2D eigenvalue weighted by Gasteiger charge is 2.23. The van der Waals surface area contributed by atoms with Crippen LogP contribution in [-0.4, -0.2) is 45.2 Å². The van der Waals surface area contributed by atoms with E-state index in [-0.39, 0.29) is 29.5 Å². The van der Waals surface area contributed by atoms with E-state index < -0.39 is 17.9 Å². The highest BCUT2D eigenvalue weighted by Crippen LogP contribution is 2.05. The van der Waals surface area contributed by atoms with E-state index in [4.69, 9.17) is 10.2 Å². The van der Waals surface area contributed by atoms with Crippen LogP contribution in [0.25, 0.3) is 0 Å². The van der Waals surface area contributed by atoms with E-state index in [9.17, 15) is 9.59 Å². The number of carbonyl (C=O) groups is 2. The molecule has 0 aliphatic heterocycles. The van der Waals surface area contributed by atoms with Gasteiger partial charge in [-0.2, -0.15) is 0 Å². The average Bonchev–Trinajstić information content (AvgIpc) is 1.81. The molecule has 0 aliphatic rings. The van der Waals surface area contributed by atoms with E-state index in [0.29, 0.717) is 6.42 Å². The summed E-state index contributed by atoms with van der Waals surface area (Å²) in [7, 11) is 0. The van der Waals surface area contributed by atoms with Crippen molar-refractivity contribution < 1.29 is 19.8 Å². The van der Waals surface area contributed by atoms with Gasteiger partial charge in [-0.1, -0.05) is 13.3 Å². The predicted octanol–water partition coefficient (Wildman–Crippen LogP) is -0.344. The Morgan fingerprint density at radius 3 is 1.73 bits per heavy atom. The minimum Gasteiger partial charge on any atom is -0.481 e. The molecule has 0 heterocycles. The fraction of sp³-hybridized carbons (Fsp3) is 0.667. The summed E-state index contributed by atoms with van der Waals surface area (Å²) in [5, 5.41) is 16.6. The van der Waals surface area contributed by atoms with Gasteiger partial charge in [0.1, 0.15) is 0 Å². The van der Waals surface area contributed by atoms with Crippen LogP contribution in [0.15, 0.2) is 0 Å². The topological polar surface area (TPSA) is 74.6 Å². The van der Waals surface area contributed by atoms with Crippen LogP contribution in [0.3, 0.4) is 0 Å². The van der Waals surface area contributed by atoms with Crippen molar-refractivity contribution in [2.45, 2.75) is 19.8 Å². The standard InChI is InChI=1S/C6H10O4.Mg.2H/c1-2-3-4(5(7)8)6(9)10;;;/h4H,2-3H2,1H3,(H,7,8)(H,9,10);;;. The van der Waals surface area contributed by atoms with Crippen LogP contribution in [0.4, 0.5) is 0 Å². The Balaban J connectivity index is 0. The van der Waals surface area contributed by atoms with Gasteiger partial charge in [0.05, 0.1) is 0 Å². The van der Waals surface area contributed by atoms with Gasteiger partial charge in [0.2, 0.25) is 0 Å². The Hall–Kier alpha value is -0.294. The summed E-state index contributed by atoms with van der Waals surface area (Å²) < 4.78 is 0. The molecule has 0 fully saturated rings. The van der Waals surface area contributed by atoms with Gasteiger partial charge in [0.15, 0.2) is 5.92 Å². The lowest BCUT2D eigenvalue weighted by atomic mass is 10.1. The third-order valence-electron chi connectivity index (χ3n) is 1.17. The van der Waals surface area contributed by atoms with Crippen LogP contribution in [0.5, 0.6) is 0 Å². The minimum absolute atomic E-state index is 0.